The number of carbonyl (C=O) groups excluding carboxylic acids is 1. The smallest absolute Gasteiger partial charge is 0.266 e. The van der Waals surface area contributed by atoms with E-state index in [1.165, 1.54) is 12.2 Å². The van der Waals surface area contributed by atoms with Crippen LogP contribution in [0.1, 0.15) is 18.9 Å². The Hall–Kier alpha value is -1.92. The van der Waals surface area contributed by atoms with Crippen molar-refractivity contribution in [1.82, 2.24) is 4.31 Å². The molecule has 0 aliphatic rings. The first-order chi connectivity index (χ1) is 12.1. The lowest BCUT2D eigenvalue weighted by Gasteiger charge is -2.31. The van der Waals surface area contributed by atoms with Crippen molar-refractivity contribution in [2.75, 3.05) is 7.05 Å². The van der Waals surface area contributed by atoms with Gasteiger partial charge in [-0.1, -0.05) is 73.2 Å². The van der Waals surface area contributed by atoms with E-state index in [2.05, 4.69) is 25.2 Å². The van der Waals surface area contributed by atoms with Crippen LogP contribution in [0.15, 0.2) is 59.5 Å². The Labute approximate surface area is 157 Å². The maximum atomic E-state index is 12.7. The van der Waals surface area contributed by atoms with E-state index in [9.17, 15) is 13.2 Å². The summed E-state index contributed by atoms with van der Waals surface area (Å²) in [6.45, 7) is 8.37. The molecule has 0 unspecified atom stereocenters. The third-order valence-electron chi connectivity index (χ3n) is 5.26. The number of benzene rings is 2. The molecule has 2 aromatic carbocycles. The highest BCUT2D eigenvalue weighted by Crippen LogP contribution is 2.27. The van der Waals surface area contributed by atoms with Gasteiger partial charge in [0.2, 0.25) is 5.91 Å². The average molecular weight is 390 g/mol. The molecule has 0 radical (unpaired) electrons. The van der Waals surface area contributed by atoms with Crippen LogP contribution in [-0.2, 0) is 14.8 Å². The molecule has 6 heteroatoms. The SMILES string of the molecule is Cc1ccc(S(=O)(=O)N(C)C(=O)C[C@H](C)[Si](C)(C)c2ccccc2)cc1. The molecule has 2 aromatic rings. The summed E-state index contributed by atoms with van der Waals surface area (Å²) in [6, 6.07) is 16.7. The van der Waals surface area contributed by atoms with Crippen LogP contribution >= 0.6 is 0 Å². The summed E-state index contributed by atoms with van der Waals surface area (Å²) in [4.78, 5) is 12.8. The molecule has 0 aliphatic heterocycles. The second-order valence-electron chi connectivity index (χ2n) is 7.37. The van der Waals surface area contributed by atoms with Crippen LogP contribution in [0.25, 0.3) is 0 Å². The Kier molecular flexibility index (Phi) is 6.08. The molecule has 0 saturated heterocycles. The van der Waals surface area contributed by atoms with Gasteiger partial charge in [-0.05, 0) is 24.6 Å². The number of carbonyl (C=O) groups is 1. The molecule has 140 valence electrons. The number of amides is 1. The lowest BCUT2D eigenvalue weighted by Crippen LogP contribution is -2.46. The van der Waals surface area contributed by atoms with Crippen LogP contribution in [0.4, 0.5) is 0 Å². The van der Waals surface area contributed by atoms with Gasteiger partial charge in [0, 0.05) is 13.5 Å². The Bertz CT molecular complexity index is 862. The van der Waals surface area contributed by atoms with E-state index in [0.717, 1.165) is 9.87 Å². The van der Waals surface area contributed by atoms with Crippen molar-refractivity contribution in [3.05, 3.63) is 60.2 Å². The Morgan fingerprint density at radius 3 is 2.12 bits per heavy atom. The molecule has 0 aromatic heterocycles. The molecule has 1 atom stereocenters. The van der Waals surface area contributed by atoms with Crippen LogP contribution in [0, 0.1) is 6.92 Å². The van der Waals surface area contributed by atoms with E-state index in [4.69, 9.17) is 0 Å². The zero-order valence-electron chi connectivity index (χ0n) is 16.1. The Morgan fingerprint density at radius 2 is 1.58 bits per heavy atom. The van der Waals surface area contributed by atoms with Gasteiger partial charge in [0.15, 0.2) is 0 Å². The second kappa shape index (κ2) is 7.76. The summed E-state index contributed by atoms with van der Waals surface area (Å²) in [5.41, 5.74) is 1.09. The molecule has 2 rings (SSSR count). The summed E-state index contributed by atoms with van der Waals surface area (Å²) >= 11 is 0. The minimum absolute atomic E-state index is 0.119. The van der Waals surface area contributed by atoms with Crippen molar-refractivity contribution in [2.45, 2.75) is 43.8 Å². The van der Waals surface area contributed by atoms with Gasteiger partial charge >= 0.3 is 0 Å². The van der Waals surface area contributed by atoms with Gasteiger partial charge in [-0.25, -0.2) is 12.7 Å². The maximum absolute atomic E-state index is 12.7. The van der Waals surface area contributed by atoms with Crippen molar-refractivity contribution in [3.8, 4) is 0 Å². The van der Waals surface area contributed by atoms with Crippen molar-refractivity contribution in [3.63, 3.8) is 0 Å². The molecule has 0 aliphatic carbocycles. The molecule has 0 heterocycles. The van der Waals surface area contributed by atoms with Crippen LogP contribution in [0.3, 0.4) is 0 Å². The highest BCUT2D eigenvalue weighted by atomic mass is 32.2. The van der Waals surface area contributed by atoms with E-state index >= 15 is 0 Å². The van der Waals surface area contributed by atoms with Gasteiger partial charge in [0.25, 0.3) is 10.0 Å². The monoisotopic (exact) mass is 389 g/mol. The zero-order chi connectivity index (χ0) is 19.5. The number of sulfonamides is 1. The molecular formula is C20H27NO3SSi. The van der Waals surface area contributed by atoms with Gasteiger partial charge in [-0.2, -0.15) is 0 Å². The molecule has 0 fully saturated rings. The normalized spacial score (nSPS) is 13.3. The molecule has 0 N–H and O–H groups in total. The fourth-order valence-corrected chi connectivity index (χ4v) is 6.24. The number of hydrogen-bond donors (Lipinski definition) is 0. The van der Waals surface area contributed by atoms with Gasteiger partial charge in [-0.15, -0.1) is 0 Å². The summed E-state index contributed by atoms with van der Waals surface area (Å²) in [5, 5.41) is 1.27. The van der Waals surface area contributed by atoms with Crippen molar-refractivity contribution < 1.29 is 13.2 Å². The first-order valence-electron chi connectivity index (χ1n) is 8.70. The summed E-state index contributed by atoms with van der Waals surface area (Å²) in [7, 11) is -4.34. The molecule has 0 bridgehead atoms. The highest BCUT2D eigenvalue weighted by Gasteiger charge is 2.34. The minimum atomic E-state index is -3.81. The van der Waals surface area contributed by atoms with Crippen LogP contribution in [0.5, 0.6) is 0 Å². The van der Waals surface area contributed by atoms with Crippen LogP contribution < -0.4 is 5.19 Å². The third-order valence-corrected chi connectivity index (χ3v) is 11.5. The fourth-order valence-electron chi connectivity index (χ4n) is 2.80. The predicted octanol–water partition coefficient (Wildman–Crippen LogP) is 3.54. The van der Waals surface area contributed by atoms with Crippen LogP contribution in [0.2, 0.25) is 18.6 Å². The molecule has 26 heavy (non-hydrogen) atoms. The first kappa shape index (κ1) is 20.4. The van der Waals surface area contributed by atoms with Gasteiger partial charge in [0.05, 0.1) is 13.0 Å². The minimum Gasteiger partial charge on any atom is -0.274 e. The van der Waals surface area contributed by atoms with E-state index in [1.807, 2.05) is 32.0 Å². The summed E-state index contributed by atoms with van der Waals surface area (Å²) in [6.07, 6.45) is 0.218. The second-order valence-corrected chi connectivity index (χ2v) is 14.3. The molecule has 0 saturated carbocycles. The maximum Gasteiger partial charge on any atom is 0.266 e. The zero-order valence-corrected chi connectivity index (χ0v) is 17.9. The van der Waals surface area contributed by atoms with Crippen LogP contribution in [-0.4, -0.2) is 33.8 Å². The van der Waals surface area contributed by atoms with Gasteiger partial charge < -0.3 is 0 Å². The number of hydrogen-bond acceptors (Lipinski definition) is 3. The number of rotatable bonds is 6. The van der Waals surface area contributed by atoms with E-state index < -0.39 is 18.1 Å². The summed E-state index contributed by atoms with van der Waals surface area (Å²) < 4.78 is 26.3. The molecule has 4 nitrogen and oxygen atoms in total. The third kappa shape index (κ3) is 4.24. The topological polar surface area (TPSA) is 54.5 Å². The average Bonchev–Trinajstić information content (AvgIpc) is 2.62. The van der Waals surface area contributed by atoms with Gasteiger partial charge in [0.1, 0.15) is 0 Å². The highest BCUT2D eigenvalue weighted by molar-refractivity contribution is 7.89. The summed E-state index contributed by atoms with van der Waals surface area (Å²) in [5.74, 6) is -0.366. The Morgan fingerprint density at radius 1 is 1.04 bits per heavy atom. The molecule has 1 amide bonds. The number of nitrogens with zero attached hydrogens (tertiary/aromatic N) is 1. The van der Waals surface area contributed by atoms with Gasteiger partial charge in [-0.3, -0.25) is 4.79 Å². The Balaban J connectivity index is 2.17. The van der Waals surface area contributed by atoms with Crippen molar-refractivity contribution >= 4 is 29.2 Å². The van der Waals surface area contributed by atoms with Crippen molar-refractivity contribution in [1.29, 1.82) is 0 Å². The quantitative estimate of drug-likeness (QED) is 0.710. The lowest BCUT2D eigenvalue weighted by atomic mass is 10.2. The fraction of sp³-hybridized carbons (Fsp3) is 0.350. The van der Waals surface area contributed by atoms with E-state index in [0.29, 0.717) is 0 Å². The molecular weight excluding hydrogens is 362 g/mol. The first-order valence-corrected chi connectivity index (χ1v) is 13.2. The molecule has 0 spiro atoms. The largest absolute Gasteiger partial charge is 0.274 e. The van der Waals surface area contributed by atoms with E-state index in [-0.39, 0.29) is 22.8 Å². The lowest BCUT2D eigenvalue weighted by molar-refractivity contribution is -0.125. The predicted molar refractivity (Wildman–Crippen MR) is 109 cm³/mol. The van der Waals surface area contributed by atoms with E-state index in [1.54, 1.807) is 24.3 Å². The number of aryl methyl sites for hydroxylation is 1. The van der Waals surface area contributed by atoms with Crippen molar-refractivity contribution in [2.24, 2.45) is 0 Å². The standard InChI is InChI=1S/C20H27NO3SSi/c1-16-11-13-18(14-12-16)25(23,24)21(3)20(22)15-17(2)26(4,5)19-9-7-6-8-10-19/h6-14,17H,15H2,1-5H3/t17-/m0/s1.